The predicted molar refractivity (Wildman–Crippen MR) is 126 cm³/mol. The standard InChI is InChI=1S/C25H33N5O/c1-19(2)17-31-24-10-8-23(9-11-24)20(3)29-25(26-4)28-15-21-6-5-7-22(14-21)16-30-13-12-27-18-30/h5-14,18-20H,15-17H2,1-4H3,(H2,26,28,29). The molecule has 31 heavy (non-hydrogen) atoms. The number of imidazole rings is 1. The predicted octanol–water partition coefficient (Wildman–Crippen LogP) is 4.39. The lowest BCUT2D eigenvalue weighted by atomic mass is 10.1. The minimum atomic E-state index is 0.123. The Hall–Kier alpha value is -3.28. The lowest BCUT2D eigenvalue weighted by Gasteiger charge is -2.19. The van der Waals surface area contributed by atoms with Gasteiger partial charge in [-0.05, 0) is 41.7 Å². The van der Waals surface area contributed by atoms with Crippen LogP contribution in [0.2, 0.25) is 0 Å². The Balaban J connectivity index is 1.52. The Kier molecular flexibility index (Phi) is 8.10. The summed E-state index contributed by atoms with van der Waals surface area (Å²) in [5.74, 6) is 2.19. The Bertz CT molecular complexity index is 948. The third-order valence-electron chi connectivity index (χ3n) is 4.92. The van der Waals surface area contributed by atoms with Crippen LogP contribution in [0.4, 0.5) is 0 Å². The van der Waals surface area contributed by atoms with Crippen molar-refractivity contribution in [3.8, 4) is 5.75 Å². The molecule has 3 rings (SSSR count). The highest BCUT2D eigenvalue weighted by atomic mass is 16.5. The first-order valence-electron chi connectivity index (χ1n) is 10.8. The molecule has 0 saturated heterocycles. The van der Waals surface area contributed by atoms with Crippen LogP contribution in [0.5, 0.6) is 5.75 Å². The molecule has 1 unspecified atom stereocenters. The number of aromatic nitrogens is 2. The molecule has 0 radical (unpaired) electrons. The Labute approximate surface area is 185 Å². The molecule has 0 aliphatic heterocycles. The lowest BCUT2D eigenvalue weighted by molar-refractivity contribution is 0.271. The molecular formula is C25H33N5O. The van der Waals surface area contributed by atoms with E-state index in [0.29, 0.717) is 12.5 Å². The minimum absolute atomic E-state index is 0.123. The third kappa shape index (κ3) is 7.17. The van der Waals surface area contributed by atoms with E-state index in [-0.39, 0.29) is 6.04 Å². The molecule has 0 saturated carbocycles. The number of hydrogen-bond donors (Lipinski definition) is 2. The molecule has 0 aliphatic rings. The fourth-order valence-corrected chi connectivity index (χ4v) is 3.21. The highest BCUT2D eigenvalue weighted by molar-refractivity contribution is 5.80. The second-order valence-electron chi connectivity index (χ2n) is 8.12. The second-order valence-corrected chi connectivity index (χ2v) is 8.12. The van der Waals surface area contributed by atoms with Gasteiger partial charge in [-0.15, -0.1) is 0 Å². The molecule has 1 aromatic heterocycles. The topological polar surface area (TPSA) is 63.5 Å². The van der Waals surface area contributed by atoms with Gasteiger partial charge in [-0.1, -0.05) is 50.2 Å². The largest absolute Gasteiger partial charge is 0.493 e. The fraction of sp³-hybridized carbons (Fsp3) is 0.360. The van der Waals surface area contributed by atoms with Gasteiger partial charge in [0.25, 0.3) is 0 Å². The number of rotatable bonds is 9. The molecule has 6 heteroatoms. The molecule has 0 fully saturated rings. The van der Waals surface area contributed by atoms with Gasteiger partial charge in [0, 0.05) is 32.5 Å². The van der Waals surface area contributed by atoms with Gasteiger partial charge in [-0.25, -0.2) is 4.98 Å². The van der Waals surface area contributed by atoms with Crippen LogP contribution in [0.3, 0.4) is 0 Å². The summed E-state index contributed by atoms with van der Waals surface area (Å²) in [5, 5.41) is 6.87. The van der Waals surface area contributed by atoms with Crippen molar-refractivity contribution >= 4 is 5.96 Å². The first-order valence-corrected chi connectivity index (χ1v) is 10.8. The molecule has 0 amide bonds. The number of hydrogen-bond acceptors (Lipinski definition) is 3. The van der Waals surface area contributed by atoms with Crippen LogP contribution in [-0.2, 0) is 13.1 Å². The summed E-state index contributed by atoms with van der Waals surface area (Å²) in [6, 6.07) is 16.9. The first-order chi connectivity index (χ1) is 15.0. The molecule has 2 aromatic carbocycles. The van der Waals surface area contributed by atoms with Crippen molar-refractivity contribution in [2.45, 2.75) is 39.9 Å². The number of aliphatic imine (C=N–C) groups is 1. The van der Waals surface area contributed by atoms with E-state index < -0.39 is 0 Å². The van der Waals surface area contributed by atoms with Crippen molar-refractivity contribution in [3.63, 3.8) is 0 Å². The van der Waals surface area contributed by atoms with Crippen molar-refractivity contribution in [1.82, 2.24) is 20.2 Å². The first kappa shape index (κ1) is 22.4. The van der Waals surface area contributed by atoms with Crippen LogP contribution in [-0.4, -0.2) is 29.2 Å². The smallest absolute Gasteiger partial charge is 0.191 e. The van der Waals surface area contributed by atoms with E-state index in [9.17, 15) is 0 Å². The summed E-state index contributed by atoms with van der Waals surface area (Å²) in [7, 11) is 1.79. The van der Waals surface area contributed by atoms with E-state index in [2.05, 4.69) is 82.3 Å². The van der Waals surface area contributed by atoms with Crippen LogP contribution in [0, 0.1) is 5.92 Å². The zero-order chi connectivity index (χ0) is 22.1. The molecule has 0 spiro atoms. The summed E-state index contributed by atoms with van der Waals surface area (Å²) in [5.41, 5.74) is 3.63. The number of nitrogens with one attached hydrogen (secondary N) is 2. The zero-order valence-electron chi connectivity index (χ0n) is 18.9. The monoisotopic (exact) mass is 419 g/mol. The summed E-state index contributed by atoms with van der Waals surface area (Å²) < 4.78 is 7.84. The molecule has 2 N–H and O–H groups in total. The minimum Gasteiger partial charge on any atom is -0.493 e. The lowest BCUT2D eigenvalue weighted by Crippen LogP contribution is -2.38. The van der Waals surface area contributed by atoms with Gasteiger partial charge in [0.1, 0.15) is 5.75 Å². The van der Waals surface area contributed by atoms with E-state index in [1.54, 1.807) is 13.2 Å². The van der Waals surface area contributed by atoms with Crippen LogP contribution in [0.1, 0.15) is 43.5 Å². The summed E-state index contributed by atoms with van der Waals surface area (Å²) in [6.45, 7) is 8.67. The van der Waals surface area contributed by atoms with E-state index in [4.69, 9.17) is 4.74 Å². The van der Waals surface area contributed by atoms with Gasteiger partial charge in [0.05, 0.1) is 19.0 Å². The van der Waals surface area contributed by atoms with Gasteiger partial charge in [0.15, 0.2) is 5.96 Å². The van der Waals surface area contributed by atoms with Crippen LogP contribution >= 0.6 is 0 Å². The van der Waals surface area contributed by atoms with Gasteiger partial charge < -0.3 is 19.9 Å². The van der Waals surface area contributed by atoms with Crippen LogP contribution < -0.4 is 15.4 Å². The molecule has 1 heterocycles. The maximum Gasteiger partial charge on any atom is 0.191 e. The molecule has 0 aliphatic carbocycles. The molecule has 6 nitrogen and oxygen atoms in total. The number of nitrogens with zero attached hydrogens (tertiary/aromatic N) is 3. The number of benzene rings is 2. The average Bonchev–Trinajstić information content (AvgIpc) is 3.28. The molecule has 3 aromatic rings. The molecule has 164 valence electrons. The highest BCUT2D eigenvalue weighted by Crippen LogP contribution is 2.18. The average molecular weight is 420 g/mol. The molecule has 0 bridgehead atoms. The second kappa shape index (κ2) is 11.2. The zero-order valence-corrected chi connectivity index (χ0v) is 18.9. The van der Waals surface area contributed by atoms with Crippen molar-refractivity contribution in [3.05, 3.63) is 83.9 Å². The van der Waals surface area contributed by atoms with Crippen molar-refractivity contribution in [2.75, 3.05) is 13.7 Å². The van der Waals surface area contributed by atoms with Gasteiger partial charge in [-0.3, -0.25) is 4.99 Å². The maximum absolute atomic E-state index is 5.77. The maximum atomic E-state index is 5.77. The van der Waals surface area contributed by atoms with Gasteiger partial charge >= 0.3 is 0 Å². The Morgan fingerprint density at radius 1 is 1.10 bits per heavy atom. The fourth-order valence-electron chi connectivity index (χ4n) is 3.21. The van der Waals surface area contributed by atoms with E-state index in [1.165, 1.54) is 16.7 Å². The Morgan fingerprint density at radius 3 is 2.55 bits per heavy atom. The molecule has 1 atom stereocenters. The van der Waals surface area contributed by atoms with Crippen LogP contribution in [0.15, 0.2) is 72.2 Å². The van der Waals surface area contributed by atoms with E-state index in [1.807, 2.05) is 24.7 Å². The van der Waals surface area contributed by atoms with Gasteiger partial charge in [-0.2, -0.15) is 0 Å². The quantitative estimate of drug-likeness (QED) is 0.399. The van der Waals surface area contributed by atoms with Crippen molar-refractivity contribution in [1.29, 1.82) is 0 Å². The third-order valence-corrected chi connectivity index (χ3v) is 4.92. The number of guanidine groups is 1. The van der Waals surface area contributed by atoms with Gasteiger partial charge in [0.2, 0.25) is 0 Å². The van der Waals surface area contributed by atoms with Crippen molar-refractivity contribution < 1.29 is 4.74 Å². The summed E-state index contributed by atoms with van der Waals surface area (Å²) in [4.78, 5) is 8.48. The van der Waals surface area contributed by atoms with Crippen LogP contribution in [0.25, 0.3) is 0 Å². The number of ether oxygens (including phenoxy) is 1. The summed E-state index contributed by atoms with van der Waals surface area (Å²) in [6.07, 6.45) is 5.61. The van der Waals surface area contributed by atoms with E-state index in [0.717, 1.165) is 24.9 Å². The normalized spacial score (nSPS) is 12.6. The van der Waals surface area contributed by atoms with E-state index >= 15 is 0 Å². The van der Waals surface area contributed by atoms with Crippen molar-refractivity contribution in [2.24, 2.45) is 10.9 Å². The molecular weight excluding hydrogens is 386 g/mol. The highest BCUT2D eigenvalue weighted by Gasteiger charge is 2.09. The SMILES string of the molecule is CN=C(NCc1cccc(Cn2ccnc2)c1)NC(C)c1ccc(OCC(C)C)cc1. The Morgan fingerprint density at radius 2 is 1.87 bits per heavy atom. The summed E-state index contributed by atoms with van der Waals surface area (Å²) >= 11 is 0.